The van der Waals surface area contributed by atoms with Gasteiger partial charge in [0.2, 0.25) is 0 Å². The molecule has 1 aliphatic rings. The number of rotatable bonds is 13. The van der Waals surface area contributed by atoms with E-state index in [0.717, 1.165) is 12.5 Å². The average molecular weight is 399 g/mol. The van der Waals surface area contributed by atoms with Crippen molar-refractivity contribution in [2.75, 3.05) is 33.2 Å². The van der Waals surface area contributed by atoms with Gasteiger partial charge in [-0.15, -0.1) is 6.58 Å². The predicted octanol–water partition coefficient (Wildman–Crippen LogP) is 6.77. The minimum absolute atomic E-state index is 0.520. The Hall–Kier alpha value is -1.12. The highest BCUT2D eigenvalue weighted by Gasteiger charge is 2.33. The number of piperidine rings is 1. The molecular formula is C27H46N2. The number of likely N-dealkylation sites (tertiary alicyclic amines) is 1. The molecular weight excluding hydrogens is 352 g/mol. The third kappa shape index (κ3) is 8.64. The molecule has 2 rings (SSSR count). The first-order valence-corrected chi connectivity index (χ1v) is 12.1. The van der Waals surface area contributed by atoms with E-state index >= 15 is 0 Å². The Bertz CT molecular complexity index is 571. The second-order valence-electron chi connectivity index (χ2n) is 9.77. The van der Waals surface area contributed by atoms with Gasteiger partial charge < -0.3 is 4.90 Å². The van der Waals surface area contributed by atoms with E-state index in [1.807, 2.05) is 0 Å². The van der Waals surface area contributed by atoms with Gasteiger partial charge in [-0.25, -0.2) is 0 Å². The van der Waals surface area contributed by atoms with Crippen LogP contribution in [0.2, 0.25) is 0 Å². The number of nitrogens with zero attached hydrogens (tertiary/aromatic N) is 2. The lowest BCUT2D eigenvalue weighted by molar-refractivity contribution is 0.0618. The lowest BCUT2D eigenvalue weighted by atomic mass is 9.75. The SMILES string of the molecule is C=C(C)CCC(CC)CCCN(C)CC1(CC)CCN(Cc2ccccc2)CC1. The molecule has 1 atom stereocenters. The highest BCUT2D eigenvalue weighted by atomic mass is 15.1. The van der Waals surface area contributed by atoms with Crippen LogP contribution >= 0.6 is 0 Å². The molecule has 1 unspecified atom stereocenters. The van der Waals surface area contributed by atoms with Crippen molar-refractivity contribution in [1.29, 1.82) is 0 Å². The molecule has 1 aliphatic heterocycles. The fourth-order valence-corrected chi connectivity index (χ4v) is 4.96. The van der Waals surface area contributed by atoms with Crippen LogP contribution in [0.5, 0.6) is 0 Å². The summed E-state index contributed by atoms with van der Waals surface area (Å²) in [5.74, 6) is 0.876. The van der Waals surface area contributed by atoms with E-state index in [-0.39, 0.29) is 0 Å². The Kier molecular flexibility index (Phi) is 10.4. The van der Waals surface area contributed by atoms with Crippen LogP contribution < -0.4 is 0 Å². The zero-order valence-corrected chi connectivity index (χ0v) is 19.8. The third-order valence-electron chi connectivity index (χ3n) is 7.23. The molecule has 0 aromatic heterocycles. The van der Waals surface area contributed by atoms with Gasteiger partial charge in [0.15, 0.2) is 0 Å². The van der Waals surface area contributed by atoms with Crippen molar-refractivity contribution in [3.63, 3.8) is 0 Å². The van der Waals surface area contributed by atoms with Crippen molar-refractivity contribution in [2.24, 2.45) is 11.3 Å². The lowest BCUT2D eigenvalue weighted by Gasteiger charge is -2.43. The Balaban J connectivity index is 1.72. The number of benzene rings is 1. The molecule has 29 heavy (non-hydrogen) atoms. The fraction of sp³-hybridized carbons (Fsp3) is 0.704. The molecule has 1 aromatic carbocycles. The Labute approximate surface area is 181 Å². The number of hydrogen-bond donors (Lipinski definition) is 0. The van der Waals surface area contributed by atoms with E-state index in [2.05, 4.69) is 74.5 Å². The topological polar surface area (TPSA) is 6.48 Å². The van der Waals surface area contributed by atoms with Crippen LogP contribution in [0.25, 0.3) is 0 Å². The van der Waals surface area contributed by atoms with Crippen LogP contribution in [0.4, 0.5) is 0 Å². The third-order valence-corrected chi connectivity index (χ3v) is 7.23. The van der Waals surface area contributed by atoms with Crippen LogP contribution in [0.1, 0.15) is 77.7 Å². The molecule has 1 saturated heterocycles. The molecule has 0 N–H and O–H groups in total. The summed E-state index contributed by atoms with van der Waals surface area (Å²) >= 11 is 0. The highest BCUT2D eigenvalue weighted by molar-refractivity contribution is 5.14. The molecule has 2 nitrogen and oxygen atoms in total. The maximum atomic E-state index is 4.07. The lowest BCUT2D eigenvalue weighted by Crippen LogP contribution is -2.45. The largest absolute Gasteiger partial charge is 0.306 e. The van der Waals surface area contributed by atoms with Gasteiger partial charge in [-0.1, -0.05) is 56.2 Å². The summed E-state index contributed by atoms with van der Waals surface area (Å²) in [7, 11) is 2.35. The number of hydrogen-bond acceptors (Lipinski definition) is 2. The molecule has 0 radical (unpaired) electrons. The second kappa shape index (κ2) is 12.5. The fourth-order valence-electron chi connectivity index (χ4n) is 4.96. The molecule has 1 aromatic rings. The Morgan fingerprint density at radius 2 is 1.83 bits per heavy atom. The summed E-state index contributed by atoms with van der Waals surface area (Å²) in [6.45, 7) is 17.1. The van der Waals surface area contributed by atoms with Gasteiger partial charge in [0.05, 0.1) is 0 Å². The molecule has 0 bridgehead atoms. The number of allylic oxidation sites excluding steroid dienone is 1. The minimum atomic E-state index is 0.520. The van der Waals surface area contributed by atoms with Crippen molar-refractivity contribution in [3.05, 3.63) is 48.0 Å². The highest BCUT2D eigenvalue weighted by Crippen LogP contribution is 2.36. The maximum absolute atomic E-state index is 4.07. The molecule has 2 heteroatoms. The monoisotopic (exact) mass is 398 g/mol. The van der Waals surface area contributed by atoms with E-state index in [1.54, 1.807) is 0 Å². The van der Waals surface area contributed by atoms with Gasteiger partial charge in [-0.3, -0.25) is 4.90 Å². The molecule has 1 fully saturated rings. The smallest absolute Gasteiger partial charge is 0.0233 e. The summed E-state index contributed by atoms with van der Waals surface area (Å²) in [5, 5.41) is 0. The van der Waals surface area contributed by atoms with Gasteiger partial charge in [0.1, 0.15) is 0 Å². The summed E-state index contributed by atoms with van der Waals surface area (Å²) in [4.78, 5) is 5.28. The van der Waals surface area contributed by atoms with Crippen LogP contribution in [0.3, 0.4) is 0 Å². The van der Waals surface area contributed by atoms with Crippen molar-refractivity contribution < 1.29 is 0 Å². The molecule has 1 heterocycles. The van der Waals surface area contributed by atoms with Gasteiger partial charge in [-0.2, -0.15) is 0 Å². The molecule has 0 aliphatic carbocycles. The first kappa shape index (κ1) is 24.2. The van der Waals surface area contributed by atoms with Crippen molar-refractivity contribution in [3.8, 4) is 0 Å². The second-order valence-corrected chi connectivity index (χ2v) is 9.77. The van der Waals surface area contributed by atoms with E-state index in [1.165, 1.54) is 88.7 Å². The average Bonchev–Trinajstić information content (AvgIpc) is 2.72. The molecule has 0 spiro atoms. The van der Waals surface area contributed by atoms with Gasteiger partial charge in [-0.05, 0) is 95.4 Å². The van der Waals surface area contributed by atoms with Gasteiger partial charge >= 0.3 is 0 Å². The molecule has 164 valence electrons. The zero-order chi connectivity index (χ0) is 21.1. The zero-order valence-electron chi connectivity index (χ0n) is 19.8. The quantitative estimate of drug-likeness (QED) is 0.338. The first-order chi connectivity index (χ1) is 14.0. The van der Waals surface area contributed by atoms with Crippen LogP contribution in [-0.4, -0.2) is 43.0 Å². The van der Waals surface area contributed by atoms with Gasteiger partial charge in [0, 0.05) is 13.1 Å². The van der Waals surface area contributed by atoms with E-state index in [4.69, 9.17) is 0 Å². The summed E-state index contributed by atoms with van der Waals surface area (Å²) in [5.41, 5.74) is 3.31. The van der Waals surface area contributed by atoms with Gasteiger partial charge in [0.25, 0.3) is 0 Å². The maximum Gasteiger partial charge on any atom is 0.0233 e. The van der Waals surface area contributed by atoms with Crippen LogP contribution in [0, 0.1) is 11.3 Å². The first-order valence-electron chi connectivity index (χ1n) is 12.1. The predicted molar refractivity (Wildman–Crippen MR) is 128 cm³/mol. The Morgan fingerprint density at radius 3 is 2.41 bits per heavy atom. The molecule has 0 amide bonds. The normalized spacial score (nSPS) is 18.1. The van der Waals surface area contributed by atoms with Crippen LogP contribution in [-0.2, 0) is 6.54 Å². The van der Waals surface area contributed by atoms with Crippen molar-refractivity contribution in [1.82, 2.24) is 9.80 Å². The van der Waals surface area contributed by atoms with E-state index in [9.17, 15) is 0 Å². The minimum Gasteiger partial charge on any atom is -0.306 e. The van der Waals surface area contributed by atoms with E-state index in [0.29, 0.717) is 5.41 Å². The van der Waals surface area contributed by atoms with Crippen LogP contribution in [0.15, 0.2) is 42.5 Å². The Morgan fingerprint density at radius 1 is 1.14 bits per heavy atom. The molecule has 0 saturated carbocycles. The standard InChI is InChI=1S/C27H46N2/c1-6-25(16-15-24(3)4)14-11-19-28(5)23-27(7-2)17-20-29(21-18-27)22-26-12-9-8-10-13-26/h8-10,12-13,25H,3,6-7,11,14-23H2,1-2,4-5H3. The van der Waals surface area contributed by atoms with Crippen molar-refractivity contribution in [2.45, 2.75) is 78.7 Å². The summed E-state index contributed by atoms with van der Waals surface area (Å²) in [6, 6.07) is 10.9. The summed E-state index contributed by atoms with van der Waals surface area (Å²) < 4.78 is 0. The van der Waals surface area contributed by atoms with Crippen molar-refractivity contribution >= 4 is 0 Å². The summed E-state index contributed by atoms with van der Waals surface area (Å²) in [6.07, 6.45) is 10.6. The van der Waals surface area contributed by atoms with E-state index < -0.39 is 0 Å².